The van der Waals surface area contributed by atoms with Crippen molar-refractivity contribution in [2.24, 2.45) is 0 Å². The monoisotopic (exact) mass is 821 g/mol. The normalized spacial score (nSPS) is 12.8. The third kappa shape index (κ3) is 45.5. The lowest BCUT2D eigenvalue weighted by Gasteiger charge is -2.18. The molecule has 336 valence electrons. The Labute approximate surface area is 363 Å². The average molecular weight is 821 g/mol. The van der Waals surface area contributed by atoms with Gasteiger partial charge in [-0.25, -0.2) is 0 Å². The lowest BCUT2D eigenvalue weighted by atomic mass is 10.1. The number of rotatable bonds is 42. The van der Waals surface area contributed by atoms with Crippen LogP contribution < -0.4 is 0 Å². The van der Waals surface area contributed by atoms with Gasteiger partial charge in [-0.15, -0.1) is 0 Å². The fourth-order valence-electron chi connectivity index (χ4n) is 6.30. The molecule has 0 aromatic rings. The second-order valence-corrected chi connectivity index (χ2v) is 15.6. The van der Waals surface area contributed by atoms with Crippen molar-refractivity contribution in [3.8, 4) is 0 Å². The molecule has 0 rings (SSSR count). The predicted molar refractivity (Wildman–Crippen MR) is 251 cm³/mol. The number of ether oxygens (including phenoxy) is 3. The summed E-state index contributed by atoms with van der Waals surface area (Å²) in [5.41, 5.74) is 0. The molecule has 6 nitrogen and oxygen atoms in total. The molecule has 0 aliphatic carbocycles. The molecule has 1 unspecified atom stereocenters. The van der Waals surface area contributed by atoms with Gasteiger partial charge in [-0.1, -0.05) is 202 Å². The first-order valence-electron chi connectivity index (χ1n) is 24.1. The van der Waals surface area contributed by atoms with Gasteiger partial charge < -0.3 is 14.2 Å². The maximum absolute atomic E-state index is 12.6. The smallest absolute Gasteiger partial charge is 0.306 e. The van der Waals surface area contributed by atoms with Crippen molar-refractivity contribution in [1.82, 2.24) is 0 Å². The van der Waals surface area contributed by atoms with Gasteiger partial charge in [0.15, 0.2) is 6.10 Å². The van der Waals surface area contributed by atoms with Crippen molar-refractivity contribution >= 4 is 17.9 Å². The molecule has 0 amide bonds. The van der Waals surface area contributed by atoms with E-state index >= 15 is 0 Å². The van der Waals surface area contributed by atoms with Crippen LogP contribution in [0.3, 0.4) is 0 Å². The highest BCUT2D eigenvalue weighted by molar-refractivity contribution is 5.71. The van der Waals surface area contributed by atoms with E-state index in [9.17, 15) is 14.4 Å². The molecule has 1 atom stereocenters. The van der Waals surface area contributed by atoms with Gasteiger partial charge in [-0.2, -0.15) is 0 Å². The second-order valence-electron chi connectivity index (χ2n) is 15.6. The molecule has 0 heterocycles. The number of carbonyl (C=O) groups excluding carboxylic acids is 3. The Hall–Kier alpha value is -3.41. The highest BCUT2D eigenvalue weighted by atomic mass is 16.6. The van der Waals surface area contributed by atoms with Gasteiger partial charge in [0.1, 0.15) is 13.2 Å². The van der Waals surface area contributed by atoms with E-state index in [1.165, 1.54) is 64.2 Å². The molecule has 0 bridgehead atoms. The fraction of sp³-hybridized carbons (Fsp3) is 0.679. The summed E-state index contributed by atoms with van der Waals surface area (Å²) < 4.78 is 16.6. The maximum Gasteiger partial charge on any atom is 0.306 e. The Bertz CT molecular complexity index is 1170. The molecule has 0 N–H and O–H groups in total. The first-order valence-corrected chi connectivity index (χ1v) is 24.1. The molecular formula is C53H88O6. The number of carbonyl (C=O) groups is 3. The van der Waals surface area contributed by atoms with Crippen molar-refractivity contribution < 1.29 is 28.6 Å². The first-order chi connectivity index (χ1) is 29.0. The van der Waals surface area contributed by atoms with Gasteiger partial charge in [-0.3, -0.25) is 14.4 Å². The SMILES string of the molecule is CC/C=C\C/C=C\C/C=C\C/C=C\C/C=C\C/C=C\C/C=C\CCCCCC(=O)OCC(COC(=O)CCCCCCCCC)OC(=O)CCCCCCCCCCC. The standard InChI is InChI=1S/C53H88O6/c1-4-7-10-13-16-18-19-20-21-22-23-24-25-26-27-28-29-30-31-32-33-35-37-40-43-46-52(55)58-49-50(48-57-51(54)45-42-39-36-15-12-9-6-3)59-53(56)47-44-41-38-34-17-14-11-8-5-2/h7,10,16,18,20-21,23-24,26-27,29-30,32-33,50H,4-6,8-9,11-15,17,19,22,25,28,31,34-49H2,1-3H3/b10-7-,18-16-,21-20-,24-23-,27-26-,30-29-,33-32-. The zero-order valence-corrected chi connectivity index (χ0v) is 38.2. The van der Waals surface area contributed by atoms with Crippen LogP contribution in [0.2, 0.25) is 0 Å². The average Bonchev–Trinajstić information content (AvgIpc) is 3.23. The van der Waals surface area contributed by atoms with Crippen LogP contribution in [-0.4, -0.2) is 37.2 Å². The van der Waals surface area contributed by atoms with Crippen molar-refractivity contribution in [2.45, 2.75) is 219 Å². The summed E-state index contributed by atoms with van der Waals surface area (Å²) in [6, 6.07) is 0. The number of hydrogen-bond donors (Lipinski definition) is 0. The first kappa shape index (κ1) is 55.6. The van der Waals surface area contributed by atoms with Crippen LogP contribution in [0.5, 0.6) is 0 Å². The van der Waals surface area contributed by atoms with Crippen molar-refractivity contribution in [3.63, 3.8) is 0 Å². The summed E-state index contributed by atoms with van der Waals surface area (Å²) in [6.07, 6.45) is 60.2. The Morgan fingerprint density at radius 2 is 0.661 bits per heavy atom. The summed E-state index contributed by atoms with van der Waals surface area (Å²) in [6.45, 7) is 6.41. The third-order valence-electron chi connectivity index (χ3n) is 9.91. The molecular weight excluding hydrogens is 733 g/mol. The van der Waals surface area contributed by atoms with Gasteiger partial charge in [0.25, 0.3) is 0 Å². The van der Waals surface area contributed by atoms with Crippen LogP contribution in [-0.2, 0) is 28.6 Å². The predicted octanol–water partition coefficient (Wildman–Crippen LogP) is 15.6. The van der Waals surface area contributed by atoms with Crippen LogP contribution in [0.4, 0.5) is 0 Å². The van der Waals surface area contributed by atoms with Crippen LogP contribution in [0.1, 0.15) is 213 Å². The second kappa shape index (κ2) is 47.3. The molecule has 0 aliphatic heterocycles. The Morgan fingerprint density at radius 3 is 1.03 bits per heavy atom. The third-order valence-corrected chi connectivity index (χ3v) is 9.91. The molecule has 0 fully saturated rings. The quantitative estimate of drug-likeness (QED) is 0.0264. The number of allylic oxidation sites excluding steroid dienone is 14. The van der Waals surface area contributed by atoms with Crippen molar-refractivity contribution in [2.75, 3.05) is 13.2 Å². The van der Waals surface area contributed by atoms with Crippen LogP contribution in [0.15, 0.2) is 85.1 Å². The van der Waals surface area contributed by atoms with E-state index in [-0.39, 0.29) is 31.1 Å². The zero-order chi connectivity index (χ0) is 43.0. The number of hydrogen-bond acceptors (Lipinski definition) is 6. The van der Waals surface area contributed by atoms with E-state index in [0.29, 0.717) is 19.3 Å². The van der Waals surface area contributed by atoms with E-state index in [1.807, 2.05) is 0 Å². The molecule has 0 aromatic carbocycles. The largest absolute Gasteiger partial charge is 0.462 e. The number of esters is 3. The maximum atomic E-state index is 12.6. The summed E-state index contributed by atoms with van der Waals surface area (Å²) in [5, 5.41) is 0. The van der Waals surface area contributed by atoms with E-state index in [0.717, 1.165) is 109 Å². The van der Waals surface area contributed by atoms with Crippen LogP contribution >= 0.6 is 0 Å². The highest BCUT2D eigenvalue weighted by Gasteiger charge is 2.19. The molecule has 6 heteroatoms. The molecule has 0 saturated heterocycles. The van der Waals surface area contributed by atoms with E-state index < -0.39 is 6.10 Å². The van der Waals surface area contributed by atoms with Gasteiger partial charge in [0, 0.05) is 19.3 Å². The van der Waals surface area contributed by atoms with Crippen LogP contribution in [0.25, 0.3) is 0 Å². The van der Waals surface area contributed by atoms with E-state index in [2.05, 4.69) is 106 Å². The molecule has 0 spiro atoms. The molecule has 0 saturated carbocycles. The Morgan fingerprint density at radius 1 is 0.356 bits per heavy atom. The summed E-state index contributed by atoms with van der Waals surface area (Å²) in [4.78, 5) is 37.6. The summed E-state index contributed by atoms with van der Waals surface area (Å²) in [7, 11) is 0. The van der Waals surface area contributed by atoms with Gasteiger partial charge >= 0.3 is 17.9 Å². The number of unbranched alkanes of at least 4 members (excludes halogenated alkanes) is 17. The van der Waals surface area contributed by atoms with Crippen molar-refractivity contribution in [3.05, 3.63) is 85.1 Å². The Kier molecular flexibility index (Phi) is 44.5. The lowest BCUT2D eigenvalue weighted by molar-refractivity contribution is -0.167. The van der Waals surface area contributed by atoms with Gasteiger partial charge in [0.05, 0.1) is 0 Å². The summed E-state index contributed by atoms with van der Waals surface area (Å²) in [5.74, 6) is -0.935. The fourth-order valence-corrected chi connectivity index (χ4v) is 6.30. The highest BCUT2D eigenvalue weighted by Crippen LogP contribution is 2.13. The topological polar surface area (TPSA) is 78.9 Å². The molecule has 0 aromatic heterocycles. The van der Waals surface area contributed by atoms with Gasteiger partial charge in [-0.05, 0) is 77.0 Å². The lowest BCUT2D eigenvalue weighted by Crippen LogP contribution is -2.30. The van der Waals surface area contributed by atoms with Gasteiger partial charge in [0.2, 0.25) is 0 Å². The van der Waals surface area contributed by atoms with Crippen molar-refractivity contribution in [1.29, 1.82) is 0 Å². The minimum atomic E-state index is -0.783. The molecule has 0 radical (unpaired) electrons. The zero-order valence-electron chi connectivity index (χ0n) is 38.2. The van der Waals surface area contributed by atoms with Crippen LogP contribution in [0, 0.1) is 0 Å². The minimum Gasteiger partial charge on any atom is -0.462 e. The van der Waals surface area contributed by atoms with E-state index in [1.54, 1.807) is 0 Å². The molecule has 0 aliphatic rings. The Balaban J connectivity index is 4.25. The minimum absolute atomic E-state index is 0.0863. The summed E-state index contributed by atoms with van der Waals surface area (Å²) >= 11 is 0. The molecule has 59 heavy (non-hydrogen) atoms. The van der Waals surface area contributed by atoms with E-state index in [4.69, 9.17) is 14.2 Å².